The first kappa shape index (κ1) is 30.8. The molecule has 0 bridgehead atoms. The van der Waals surface area contributed by atoms with Crippen LogP contribution in [0.15, 0.2) is 114 Å². The molecule has 1 atom stereocenters. The summed E-state index contributed by atoms with van der Waals surface area (Å²) in [6, 6.07) is 30.8. The zero-order valence-electron chi connectivity index (χ0n) is 23.6. The molecule has 0 aromatic heterocycles. The maximum absolute atomic E-state index is 14.3. The standard InChI is InChI=1S/C33H34ClN3O4S/c1-3-35-33(39)31(22-26-12-6-4-7-13-26)36(23-27-14-8-5-9-15-27)32(38)24-37(30-17-11-10-16-29(30)34)42(40,41)28-20-18-25(2)19-21-28/h4-21,31H,3,22-24H2,1-2H3,(H,35,39)/t31-/m1/s1. The number of nitrogens with zero attached hydrogens (tertiary/aromatic N) is 2. The van der Waals surface area contributed by atoms with Gasteiger partial charge in [0.1, 0.15) is 12.6 Å². The van der Waals surface area contributed by atoms with Crippen molar-refractivity contribution >= 4 is 39.1 Å². The number of likely N-dealkylation sites (N-methyl/N-ethyl adjacent to an activating group) is 1. The Balaban J connectivity index is 1.79. The molecule has 0 unspecified atom stereocenters. The van der Waals surface area contributed by atoms with Crippen molar-refractivity contribution in [2.45, 2.75) is 37.8 Å². The van der Waals surface area contributed by atoms with Crippen molar-refractivity contribution in [2.24, 2.45) is 0 Å². The second-order valence-electron chi connectivity index (χ2n) is 9.88. The number of aryl methyl sites for hydroxylation is 1. The van der Waals surface area contributed by atoms with Crippen molar-refractivity contribution in [1.29, 1.82) is 0 Å². The SMILES string of the molecule is CCNC(=O)[C@@H](Cc1ccccc1)N(Cc1ccccc1)C(=O)CN(c1ccccc1Cl)S(=O)(=O)c1ccc(C)cc1. The van der Waals surface area contributed by atoms with Crippen LogP contribution in [-0.4, -0.2) is 44.3 Å². The fourth-order valence-corrected chi connectivity index (χ4v) is 6.35. The fourth-order valence-electron chi connectivity index (χ4n) is 4.63. The minimum absolute atomic E-state index is 0.0278. The highest BCUT2D eigenvalue weighted by molar-refractivity contribution is 7.92. The molecule has 4 rings (SSSR count). The van der Waals surface area contributed by atoms with Gasteiger partial charge in [-0.05, 0) is 49.2 Å². The van der Waals surface area contributed by atoms with Gasteiger partial charge < -0.3 is 10.2 Å². The monoisotopic (exact) mass is 603 g/mol. The maximum atomic E-state index is 14.3. The lowest BCUT2D eigenvalue weighted by Crippen LogP contribution is -2.53. The first-order valence-electron chi connectivity index (χ1n) is 13.7. The number of amides is 2. The molecule has 0 saturated heterocycles. The van der Waals surface area contributed by atoms with E-state index in [4.69, 9.17) is 11.6 Å². The van der Waals surface area contributed by atoms with Gasteiger partial charge in [0.05, 0.1) is 15.6 Å². The first-order chi connectivity index (χ1) is 20.2. The van der Waals surface area contributed by atoms with Crippen LogP contribution >= 0.6 is 11.6 Å². The molecule has 4 aromatic carbocycles. The average molecular weight is 604 g/mol. The number of nitrogens with one attached hydrogen (secondary N) is 1. The number of rotatable bonds is 12. The van der Waals surface area contributed by atoms with Crippen LogP contribution in [0.5, 0.6) is 0 Å². The molecule has 0 radical (unpaired) electrons. The van der Waals surface area contributed by atoms with Crippen LogP contribution in [0, 0.1) is 6.92 Å². The molecule has 0 saturated carbocycles. The van der Waals surface area contributed by atoms with Crippen LogP contribution in [0.4, 0.5) is 5.69 Å². The molecular weight excluding hydrogens is 570 g/mol. The Bertz CT molecular complexity index is 1600. The van der Waals surface area contributed by atoms with Gasteiger partial charge >= 0.3 is 0 Å². The van der Waals surface area contributed by atoms with E-state index in [0.717, 1.165) is 21.0 Å². The summed E-state index contributed by atoms with van der Waals surface area (Å²) in [6.45, 7) is 3.60. The van der Waals surface area contributed by atoms with E-state index in [0.29, 0.717) is 6.54 Å². The topological polar surface area (TPSA) is 86.8 Å². The van der Waals surface area contributed by atoms with Crippen LogP contribution in [0.25, 0.3) is 0 Å². The van der Waals surface area contributed by atoms with E-state index in [1.807, 2.05) is 74.5 Å². The largest absolute Gasteiger partial charge is 0.355 e. The quantitative estimate of drug-likeness (QED) is 0.228. The molecule has 0 aliphatic heterocycles. The van der Waals surface area contributed by atoms with E-state index in [9.17, 15) is 18.0 Å². The first-order valence-corrected chi connectivity index (χ1v) is 15.5. The molecule has 0 aliphatic rings. The van der Waals surface area contributed by atoms with Crippen molar-refractivity contribution < 1.29 is 18.0 Å². The van der Waals surface area contributed by atoms with E-state index >= 15 is 0 Å². The zero-order chi connectivity index (χ0) is 30.1. The Hall–Kier alpha value is -4.14. The average Bonchev–Trinajstić information content (AvgIpc) is 2.99. The third-order valence-corrected chi connectivity index (χ3v) is 8.92. The molecule has 0 fully saturated rings. The van der Waals surface area contributed by atoms with Gasteiger partial charge in [-0.15, -0.1) is 0 Å². The number of hydrogen-bond donors (Lipinski definition) is 1. The smallest absolute Gasteiger partial charge is 0.264 e. The number of carbonyl (C=O) groups excluding carboxylic acids is 2. The van der Waals surface area contributed by atoms with Gasteiger partial charge in [-0.3, -0.25) is 13.9 Å². The Labute approximate surface area is 252 Å². The predicted octanol–water partition coefficient (Wildman–Crippen LogP) is 5.62. The highest BCUT2D eigenvalue weighted by Gasteiger charge is 2.35. The van der Waals surface area contributed by atoms with Gasteiger partial charge in [0.2, 0.25) is 11.8 Å². The van der Waals surface area contributed by atoms with Gasteiger partial charge in [0.15, 0.2) is 0 Å². The van der Waals surface area contributed by atoms with E-state index in [1.165, 1.54) is 17.0 Å². The summed E-state index contributed by atoms with van der Waals surface area (Å²) in [5.74, 6) is -0.863. The number of halogens is 1. The zero-order valence-corrected chi connectivity index (χ0v) is 25.2. The summed E-state index contributed by atoms with van der Waals surface area (Å²) >= 11 is 6.50. The van der Waals surface area contributed by atoms with E-state index in [2.05, 4.69) is 5.32 Å². The lowest BCUT2D eigenvalue weighted by atomic mass is 10.0. The van der Waals surface area contributed by atoms with Crippen LogP contribution in [0.3, 0.4) is 0 Å². The third-order valence-electron chi connectivity index (χ3n) is 6.83. The van der Waals surface area contributed by atoms with Crippen LogP contribution < -0.4 is 9.62 Å². The van der Waals surface area contributed by atoms with Crippen molar-refractivity contribution in [2.75, 3.05) is 17.4 Å². The number of carbonyl (C=O) groups is 2. The number of sulfonamides is 1. The lowest BCUT2D eigenvalue weighted by molar-refractivity contribution is -0.140. The Morgan fingerprint density at radius 2 is 1.38 bits per heavy atom. The Morgan fingerprint density at radius 3 is 1.98 bits per heavy atom. The second kappa shape index (κ2) is 14.2. The maximum Gasteiger partial charge on any atom is 0.264 e. The summed E-state index contributed by atoms with van der Waals surface area (Å²) in [4.78, 5) is 29.3. The van der Waals surface area contributed by atoms with Crippen molar-refractivity contribution in [3.63, 3.8) is 0 Å². The van der Waals surface area contributed by atoms with Crippen LogP contribution in [0.1, 0.15) is 23.6 Å². The van der Waals surface area contributed by atoms with Crippen molar-refractivity contribution in [3.8, 4) is 0 Å². The molecule has 1 N–H and O–H groups in total. The van der Waals surface area contributed by atoms with E-state index < -0.39 is 28.5 Å². The molecule has 218 valence electrons. The van der Waals surface area contributed by atoms with Gasteiger partial charge in [0.25, 0.3) is 10.0 Å². The van der Waals surface area contributed by atoms with Crippen molar-refractivity contribution in [1.82, 2.24) is 10.2 Å². The van der Waals surface area contributed by atoms with Gasteiger partial charge in [-0.2, -0.15) is 0 Å². The third kappa shape index (κ3) is 7.57. The summed E-state index contributed by atoms with van der Waals surface area (Å²) in [7, 11) is -4.21. The van der Waals surface area contributed by atoms with Crippen LogP contribution in [-0.2, 0) is 32.6 Å². The molecule has 0 heterocycles. The normalized spacial score (nSPS) is 11.9. The van der Waals surface area contributed by atoms with Crippen molar-refractivity contribution in [3.05, 3.63) is 131 Å². The summed E-state index contributed by atoms with van der Waals surface area (Å²) in [6.07, 6.45) is 0.252. The molecule has 9 heteroatoms. The second-order valence-corrected chi connectivity index (χ2v) is 12.2. The number of anilines is 1. The fraction of sp³-hybridized carbons (Fsp3) is 0.212. The summed E-state index contributed by atoms with van der Waals surface area (Å²) in [5, 5.41) is 3.04. The van der Waals surface area contributed by atoms with E-state index in [1.54, 1.807) is 36.4 Å². The molecular formula is C33H34ClN3O4S. The minimum atomic E-state index is -4.21. The summed E-state index contributed by atoms with van der Waals surface area (Å²) in [5.41, 5.74) is 2.74. The van der Waals surface area contributed by atoms with Gasteiger partial charge in [-0.25, -0.2) is 8.42 Å². The summed E-state index contributed by atoms with van der Waals surface area (Å²) < 4.78 is 29.1. The molecule has 2 amide bonds. The number of hydrogen-bond acceptors (Lipinski definition) is 4. The van der Waals surface area contributed by atoms with E-state index in [-0.39, 0.29) is 34.5 Å². The molecule has 0 spiro atoms. The molecule has 0 aliphatic carbocycles. The number of benzene rings is 4. The number of para-hydroxylation sites is 1. The molecule has 4 aromatic rings. The molecule has 7 nitrogen and oxygen atoms in total. The van der Waals surface area contributed by atoms with Gasteiger partial charge in [-0.1, -0.05) is 102 Å². The Morgan fingerprint density at radius 1 is 0.810 bits per heavy atom. The predicted molar refractivity (Wildman–Crippen MR) is 167 cm³/mol. The van der Waals surface area contributed by atoms with Crippen LogP contribution in [0.2, 0.25) is 5.02 Å². The highest BCUT2D eigenvalue weighted by Crippen LogP contribution is 2.31. The Kier molecular flexibility index (Phi) is 10.4. The molecule has 42 heavy (non-hydrogen) atoms. The van der Waals surface area contributed by atoms with Gasteiger partial charge in [0, 0.05) is 19.5 Å². The lowest BCUT2D eigenvalue weighted by Gasteiger charge is -2.34. The highest BCUT2D eigenvalue weighted by atomic mass is 35.5. The minimum Gasteiger partial charge on any atom is -0.355 e.